The fourth-order valence-corrected chi connectivity index (χ4v) is 3.92. The van der Waals surface area contributed by atoms with Gasteiger partial charge < -0.3 is 0 Å². The van der Waals surface area contributed by atoms with E-state index in [4.69, 9.17) is 0 Å². The van der Waals surface area contributed by atoms with Gasteiger partial charge in [-0.05, 0) is 17.7 Å². The molecule has 0 saturated heterocycles. The van der Waals surface area contributed by atoms with Crippen molar-refractivity contribution >= 4 is 21.8 Å². The third-order valence-corrected chi connectivity index (χ3v) is 5.15. The van der Waals surface area contributed by atoms with E-state index in [-0.39, 0.29) is 0 Å². The predicted molar refractivity (Wildman–Crippen MR) is 113 cm³/mol. The molecule has 0 N–H and O–H groups in total. The van der Waals surface area contributed by atoms with E-state index in [0.717, 1.165) is 27.4 Å². The minimum absolute atomic E-state index is 0.386. The smallest absolute Gasteiger partial charge is 0.156 e. The summed E-state index contributed by atoms with van der Waals surface area (Å²) in [5, 5.41) is 22.0. The van der Waals surface area contributed by atoms with Crippen LogP contribution >= 0.6 is 0 Å². The minimum atomic E-state index is 0.386. The maximum atomic E-state index is 10.1. The summed E-state index contributed by atoms with van der Waals surface area (Å²) in [5.74, 6) is 0.530. The Bertz CT molecular complexity index is 1410. The Morgan fingerprint density at radius 2 is 1.28 bits per heavy atom. The lowest BCUT2D eigenvalue weighted by Crippen LogP contribution is -2.04. The van der Waals surface area contributed by atoms with Gasteiger partial charge in [0.1, 0.15) is 17.7 Å². The molecule has 4 heteroatoms. The molecule has 0 aliphatic heterocycles. The number of benzene rings is 3. The summed E-state index contributed by atoms with van der Waals surface area (Å²) in [6.45, 7) is 0. The van der Waals surface area contributed by atoms with Crippen LogP contribution in [-0.4, -0.2) is 9.55 Å². The molecule has 0 aliphatic carbocycles. The number of pyridine rings is 1. The zero-order valence-corrected chi connectivity index (χ0v) is 15.4. The van der Waals surface area contributed by atoms with Gasteiger partial charge in [0.2, 0.25) is 0 Å². The maximum Gasteiger partial charge on any atom is 0.156 e. The number of para-hydroxylation sites is 2. The second kappa shape index (κ2) is 6.64. The molecular weight excluding hydrogens is 356 g/mol. The predicted octanol–water partition coefficient (Wildman–Crippen LogP) is 5.59. The van der Waals surface area contributed by atoms with Crippen molar-refractivity contribution in [3.8, 4) is 29.1 Å². The molecule has 134 valence electrons. The van der Waals surface area contributed by atoms with Crippen molar-refractivity contribution in [3.63, 3.8) is 0 Å². The SMILES string of the molecule is N#Cc1cnc(-n2c3ccccc3c3ccccc32)c(C#N)c1-c1ccccc1. The molecule has 0 unspecified atom stereocenters. The second-order valence-corrected chi connectivity index (χ2v) is 6.70. The van der Waals surface area contributed by atoms with Gasteiger partial charge in [0, 0.05) is 22.5 Å². The van der Waals surface area contributed by atoms with Crippen molar-refractivity contribution < 1.29 is 0 Å². The van der Waals surface area contributed by atoms with E-state index in [1.165, 1.54) is 0 Å². The fourth-order valence-electron chi connectivity index (χ4n) is 3.92. The van der Waals surface area contributed by atoms with Crippen molar-refractivity contribution in [2.24, 2.45) is 0 Å². The third kappa shape index (κ3) is 2.48. The van der Waals surface area contributed by atoms with Crippen LogP contribution in [0.15, 0.2) is 85.1 Å². The average Bonchev–Trinajstić information content (AvgIpc) is 3.13. The van der Waals surface area contributed by atoms with Crippen molar-refractivity contribution in [3.05, 3.63) is 96.2 Å². The lowest BCUT2D eigenvalue weighted by atomic mass is 9.97. The van der Waals surface area contributed by atoms with Gasteiger partial charge in [0.25, 0.3) is 0 Å². The first-order valence-corrected chi connectivity index (χ1v) is 9.20. The molecule has 5 aromatic rings. The van der Waals surface area contributed by atoms with Gasteiger partial charge in [0.15, 0.2) is 5.82 Å². The minimum Gasteiger partial charge on any atom is -0.293 e. The summed E-state index contributed by atoms with van der Waals surface area (Å²) < 4.78 is 2.01. The van der Waals surface area contributed by atoms with Gasteiger partial charge in [-0.2, -0.15) is 10.5 Å². The van der Waals surface area contributed by atoms with Gasteiger partial charge in [-0.3, -0.25) is 4.57 Å². The molecule has 0 spiro atoms. The van der Waals surface area contributed by atoms with Gasteiger partial charge >= 0.3 is 0 Å². The number of nitrogens with zero attached hydrogens (tertiary/aromatic N) is 4. The normalized spacial score (nSPS) is 10.7. The first-order chi connectivity index (χ1) is 14.3. The van der Waals surface area contributed by atoms with Crippen LogP contribution in [0.25, 0.3) is 38.8 Å². The highest BCUT2D eigenvalue weighted by atomic mass is 15.1. The van der Waals surface area contributed by atoms with E-state index < -0.39 is 0 Å². The summed E-state index contributed by atoms with van der Waals surface area (Å²) in [7, 11) is 0. The highest BCUT2D eigenvalue weighted by Gasteiger charge is 2.21. The lowest BCUT2D eigenvalue weighted by Gasteiger charge is -2.13. The number of rotatable bonds is 2. The molecule has 2 aromatic heterocycles. The molecule has 0 fully saturated rings. The Kier molecular flexibility index (Phi) is 3.83. The first-order valence-electron chi connectivity index (χ1n) is 9.20. The van der Waals surface area contributed by atoms with E-state index in [0.29, 0.717) is 22.5 Å². The lowest BCUT2D eigenvalue weighted by molar-refractivity contribution is 1.07. The molecule has 0 atom stereocenters. The summed E-state index contributed by atoms with van der Waals surface area (Å²) in [5.41, 5.74) is 4.16. The summed E-state index contributed by atoms with van der Waals surface area (Å²) in [6.07, 6.45) is 1.56. The van der Waals surface area contributed by atoms with Crippen molar-refractivity contribution in [2.75, 3.05) is 0 Å². The van der Waals surface area contributed by atoms with Crippen LogP contribution in [-0.2, 0) is 0 Å². The molecule has 0 aliphatic rings. The molecule has 2 heterocycles. The standard InChI is InChI=1S/C25H14N4/c26-14-18-16-28-25(21(15-27)24(18)17-8-2-1-3-9-17)29-22-12-6-4-10-19(22)20-11-5-7-13-23(20)29/h1-13,16H. The monoisotopic (exact) mass is 370 g/mol. The Morgan fingerprint density at radius 3 is 1.86 bits per heavy atom. The Labute approximate surface area is 167 Å². The fraction of sp³-hybridized carbons (Fsp3) is 0. The Morgan fingerprint density at radius 1 is 0.690 bits per heavy atom. The van der Waals surface area contributed by atoms with Gasteiger partial charge in [-0.1, -0.05) is 66.7 Å². The second-order valence-electron chi connectivity index (χ2n) is 6.70. The quantitative estimate of drug-likeness (QED) is 0.407. The largest absolute Gasteiger partial charge is 0.293 e. The number of hydrogen-bond acceptors (Lipinski definition) is 3. The number of nitriles is 2. The van der Waals surface area contributed by atoms with E-state index in [1.807, 2.05) is 71.3 Å². The first kappa shape index (κ1) is 16.7. The van der Waals surface area contributed by atoms with Crippen LogP contribution in [0.4, 0.5) is 0 Å². The van der Waals surface area contributed by atoms with Gasteiger partial charge in [-0.25, -0.2) is 4.98 Å². The Balaban J connectivity index is 1.94. The molecule has 3 aromatic carbocycles. The van der Waals surface area contributed by atoms with Crippen molar-refractivity contribution in [1.29, 1.82) is 10.5 Å². The molecule has 5 rings (SSSR count). The number of fused-ring (bicyclic) bond motifs is 3. The van der Waals surface area contributed by atoms with E-state index >= 15 is 0 Å². The Hall–Kier alpha value is -4.41. The molecular formula is C25H14N4. The molecule has 0 saturated carbocycles. The van der Waals surface area contributed by atoms with Crippen LogP contribution in [0.1, 0.15) is 11.1 Å². The van der Waals surface area contributed by atoms with E-state index in [2.05, 4.69) is 29.3 Å². The molecule has 0 amide bonds. The van der Waals surface area contributed by atoms with Gasteiger partial charge in [-0.15, -0.1) is 0 Å². The van der Waals surface area contributed by atoms with Crippen LogP contribution < -0.4 is 0 Å². The molecule has 0 radical (unpaired) electrons. The summed E-state index contributed by atoms with van der Waals surface area (Å²) >= 11 is 0. The topological polar surface area (TPSA) is 65.4 Å². The maximum absolute atomic E-state index is 10.1. The highest BCUT2D eigenvalue weighted by molar-refractivity contribution is 6.09. The zero-order valence-electron chi connectivity index (χ0n) is 15.4. The highest BCUT2D eigenvalue weighted by Crippen LogP contribution is 2.35. The van der Waals surface area contributed by atoms with Crippen LogP contribution in [0.3, 0.4) is 0 Å². The average molecular weight is 370 g/mol. The summed E-state index contributed by atoms with van der Waals surface area (Å²) in [6, 6.07) is 30.2. The van der Waals surface area contributed by atoms with Gasteiger partial charge in [0.05, 0.1) is 16.6 Å². The number of hydrogen-bond donors (Lipinski definition) is 0. The van der Waals surface area contributed by atoms with Crippen LogP contribution in [0.5, 0.6) is 0 Å². The van der Waals surface area contributed by atoms with Crippen molar-refractivity contribution in [1.82, 2.24) is 9.55 Å². The third-order valence-electron chi connectivity index (χ3n) is 5.15. The van der Waals surface area contributed by atoms with E-state index in [1.54, 1.807) is 6.20 Å². The molecule has 4 nitrogen and oxygen atoms in total. The van der Waals surface area contributed by atoms with Crippen LogP contribution in [0.2, 0.25) is 0 Å². The number of aromatic nitrogens is 2. The molecule has 29 heavy (non-hydrogen) atoms. The molecule has 0 bridgehead atoms. The van der Waals surface area contributed by atoms with Crippen LogP contribution in [0, 0.1) is 22.7 Å². The summed E-state index contributed by atoms with van der Waals surface area (Å²) in [4.78, 5) is 4.57. The zero-order chi connectivity index (χ0) is 19.8. The van der Waals surface area contributed by atoms with Crippen molar-refractivity contribution in [2.45, 2.75) is 0 Å². The van der Waals surface area contributed by atoms with E-state index in [9.17, 15) is 10.5 Å².